The molecule has 1 aliphatic rings. The molecule has 0 atom stereocenters. The molecule has 0 bridgehead atoms. The van der Waals surface area contributed by atoms with Crippen LogP contribution in [-0.4, -0.2) is 50.9 Å². The van der Waals surface area contributed by atoms with Crippen molar-refractivity contribution >= 4 is 46.0 Å². The van der Waals surface area contributed by atoms with Gasteiger partial charge in [0.05, 0.1) is 23.7 Å². The summed E-state index contributed by atoms with van der Waals surface area (Å²) in [6, 6.07) is 0. The number of aromatic nitrogens is 1. The summed E-state index contributed by atoms with van der Waals surface area (Å²) in [6.45, 7) is -0.000320. The molecule has 0 aromatic carbocycles. The van der Waals surface area contributed by atoms with E-state index in [0.717, 1.165) is 11.3 Å². The Balaban J connectivity index is 1.86. The molecule has 2 heterocycles. The summed E-state index contributed by atoms with van der Waals surface area (Å²) in [7, 11) is 0. The minimum absolute atomic E-state index is 0.000320. The zero-order chi connectivity index (χ0) is 13.8. The Hall–Kier alpha value is -1.61. The van der Waals surface area contributed by atoms with E-state index in [4.69, 9.17) is 5.11 Å². The van der Waals surface area contributed by atoms with Crippen molar-refractivity contribution in [2.45, 2.75) is 6.42 Å². The third kappa shape index (κ3) is 3.93. The molecule has 0 saturated carbocycles. The molecule has 0 spiro atoms. The Labute approximate surface area is 117 Å². The number of carboxylic acid groups (broad SMARTS) is 1. The van der Waals surface area contributed by atoms with Gasteiger partial charge in [-0.2, -0.15) is 0 Å². The maximum Gasteiger partial charge on any atom is 0.309 e. The van der Waals surface area contributed by atoms with Crippen LogP contribution in [0.3, 0.4) is 0 Å². The average molecular weight is 301 g/mol. The first-order valence-electron chi connectivity index (χ1n) is 5.36. The molecule has 1 aromatic heterocycles. The number of nitrogens with one attached hydrogen (secondary N) is 1. The number of thiazole rings is 1. The van der Waals surface area contributed by atoms with Crippen molar-refractivity contribution in [2.75, 3.05) is 23.5 Å². The van der Waals surface area contributed by atoms with E-state index in [2.05, 4.69) is 10.3 Å². The van der Waals surface area contributed by atoms with E-state index in [1.54, 1.807) is 5.38 Å². The lowest BCUT2D eigenvalue weighted by Crippen LogP contribution is -2.34. The Morgan fingerprint density at radius 1 is 1.53 bits per heavy atom. The van der Waals surface area contributed by atoms with Gasteiger partial charge in [-0.25, -0.2) is 4.98 Å². The molecule has 0 radical (unpaired) electrons. The number of amides is 2. The van der Waals surface area contributed by atoms with Crippen molar-refractivity contribution < 1.29 is 19.5 Å². The third-order valence-corrected chi connectivity index (χ3v) is 4.04. The van der Waals surface area contributed by atoms with Crippen molar-refractivity contribution in [3.05, 3.63) is 11.1 Å². The number of nitrogens with zero attached hydrogens (tertiary/aromatic N) is 2. The fourth-order valence-corrected chi connectivity index (χ4v) is 3.10. The highest BCUT2D eigenvalue weighted by molar-refractivity contribution is 8.00. The van der Waals surface area contributed by atoms with Crippen LogP contribution in [0, 0.1) is 0 Å². The van der Waals surface area contributed by atoms with Crippen molar-refractivity contribution in [3.8, 4) is 0 Å². The van der Waals surface area contributed by atoms with Gasteiger partial charge in [0.15, 0.2) is 5.13 Å². The van der Waals surface area contributed by atoms with E-state index in [1.165, 1.54) is 16.7 Å². The molecule has 7 nitrogen and oxygen atoms in total. The number of anilines is 1. The average Bonchev–Trinajstić information content (AvgIpc) is 2.89. The van der Waals surface area contributed by atoms with E-state index in [1.807, 2.05) is 0 Å². The number of rotatable bonds is 5. The minimum Gasteiger partial charge on any atom is -0.481 e. The third-order valence-electron chi connectivity index (χ3n) is 2.29. The van der Waals surface area contributed by atoms with Crippen LogP contribution in [0.1, 0.15) is 5.69 Å². The van der Waals surface area contributed by atoms with Crippen LogP contribution in [0.5, 0.6) is 0 Å². The first kappa shape index (κ1) is 13.8. The number of hydrogen-bond acceptors (Lipinski definition) is 6. The maximum absolute atomic E-state index is 11.7. The van der Waals surface area contributed by atoms with Crippen LogP contribution in [0.25, 0.3) is 0 Å². The summed E-state index contributed by atoms with van der Waals surface area (Å²) in [6.07, 6.45) is -0.173. The molecule has 1 aliphatic heterocycles. The lowest BCUT2D eigenvalue weighted by molar-refractivity contribution is -0.136. The first-order valence-corrected chi connectivity index (χ1v) is 7.39. The highest BCUT2D eigenvalue weighted by Crippen LogP contribution is 2.17. The summed E-state index contributed by atoms with van der Waals surface area (Å²) in [5.41, 5.74) is 0.403. The Morgan fingerprint density at radius 2 is 2.32 bits per heavy atom. The molecule has 9 heteroatoms. The van der Waals surface area contributed by atoms with Gasteiger partial charge in [0, 0.05) is 5.38 Å². The zero-order valence-corrected chi connectivity index (χ0v) is 11.4. The molecule has 102 valence electrons. The summed E-state index contributed by atoms with van der Waals surface area (Å²) in [5, 5.41) is 13.1. The topological polar surface area (TPSA) is 99.6 Å². The molecule has 2 N–H and O–H groups in total. The molecule has 0 aliphatic carbocycles. The Morgan fingerprint density at radius 3 is 2.95 bits per heavy atom. The number of thioether (sulfide) groups is 1. The quantitative estimate of drug-likeness (QED) is 0.808. The molecule has 1 fully saturated rings. The van der Waals surface area contributed by atoms with Gasteiger partial charge in [-0.1, -0.05) is 0 Å². The number of carbonyl (C=O) groups excluding carboxylic acids is 2. The largest absolute Gasteiger partial charge is 0.481 e. The fraction of sp³-hybridized carbons (Fsp3) is 0.400. The van der Waals surface area contributed by atoms with E-state index in [-0.39, 0.29) is 24.8 Å². The van der Waals surface area contributed by atoms with Crippen LogP contribution < -0.4 is 5.32 Å². The minimum atomic E-state index is -0.970. The van der Waals surface area contributed by atoms with Gasteiger partial charge in [-0.15, -0.1) is 23.1 Å². The van der Waals surface area contributed by atoms with Crippen molar-refractivity contribution in [1.29, 1.82) is 0 Å². The molecule has 2 amide bonds. The highest BCUT2D eigenvalue weighted by atomic mass is 32.2. The van der Waals surface area contributed by atoms with Gasteiger partial charge in [0.25, 0.3) is 0 Å². The monoisotopic (exact) mass is 301 g/mol. The number of carboxylic acids is 1. The van der Waals surface area contributed by atoms with E-state index in [0.29, 0.717) is 22.5 Å². The molecule has 2 rings (SSSR count). The first-order chi connectivity index (χ1) is 9.04. The molecule has 19 heavy (non-hydrogen) atoms. The SMILES string of the molecule is O=C(O)Cc1csc(NC(=O)CN2CSCC2=O)n1. The van der Waals surface area contributed by atoms with E-state index >= 15 is 0 Å². The normalized spacial score (nSPS) is 14.7. The van der Waals surface area contributed by atoms with Crippen LogP contribution in [0.4, 0.5) is 5.13 Å². The van der Waals surface area contributed by atoms with Crippen LogP contribution in [0.15, 0.2) is 5.38 Å². The summed E-state index contributed by atoms with van der Waals surface area (Å²) in [4.78, 5) is 39.0. The van der Waals surface area contributed by atoms with Gasteiger partial charge in [0.1, 0.15) is 6.54 Å². The van der Waals surface area contributed by atoms with E-state index < -0.39 is 5.97 Å². The summed E-state index contributed by atoms with van der Waals surface area (Å²) in [5.74, 6) is -0.414. The lowest BCUT2D eigenvalue weighted by atomic mass is 10.3. The Kier molecular flexibility index (Phi) is 4.38. The second-order valence-corrected chi connectivity index (χ2v) is 5.65. The van der Waals surface area contributed by atoms with Gasteiger partial charge in [0.2, 0.25) is 11.8 Å². The molecular formula is C10H11N3O4S2. The van der Waals surface area contributed by atoms with Crippen LogP contribution in [0.2, 0.25) is 0 Å². The van der Waals surface area contributed by atoms with Gasteiger partial charge < -0.3 is 15.3 Å². The second kappa shape index (κ2) is 6.02. The number of aliphatic carboxylic acids is 1. The highest BCUT2D eigenvalue weighted by Gasteiger charge is 2.23. The van der Waals surface area contributed by atoms with Gasteiger partial charge >= 0.3 is 5.97 Å². The van der Waals surface area contributed by atoms with Gasteiger partial charge in [-0.3, -0.25) is 14.4 Å². The second-order valence-electron chi connectivity index (χ2n) is 3.83. The number of hydrogen-bond donors (Lipinski definition) is 2. The summed E-state index contributed by atoms with van der Waals surface area (Å²) < 4.78 is 0. The van der Waals surface area contributed by atoms with Gasteiger partial charge in [-0.05, 0) is 0 Å². The molecule has 1 saturated heterocycles. The van der Waals surface area contributed by atoms with Crippen molar-refractivity contribution in [1.82, 2.24) is 9.88 Å². The molecule has 1 aromatic rings. The van der Waals surface area contributed by atoms with Crippen molar-refractivity contribution in [3.63, 3.8) is 0 Å². The zero-order valence-electron chi connectivity index (χ0n) is 9.79. The van der Waals surface area contributed by atoms with Crippen molar-refractivity contribution in [2.24, 2.45) is 0 Å². The standard InChI is InChI=1S/C10H11N3O4S2/c14-7(2-13-5-18-4-8(13)15)12-10-11-6(3-19-10)1-9(16)17/h3H,1-2,4-5H2,(H,16,17)(H,11,12,14). The van der Waals surface area contributed by atoms with Crippen LogP contribution in [-0.2, 0) is 20.8 Å². The van der Waals surface area contributed by atoms with E-state index in [9.17, 15) is 14.4 Å². The molecule has 0 unspecified atom stereocenters. The maximum atomic E-state index is 11.7. The predicted molar refractivity (Wildman–Crippen MR) is 71.1 cm³/mol. The Bertz CT molecular complexity index is 517. The molecular weight excluding hydrogens is 290 g/mol. The predicted octanol–water partition coefficient (Wildman–Crippen LogP) is 0.242. The van der Waals surface area contributed by atoms with Crippen LogP contribution >= 0.6 is 23.1 Å². The lowest BCUT2D eigenvalue weighted by Gasteiger charge is -2.12. The fourth-order valence-electron chi connectivity index (χ4n) is 1.47. The summed E-state index contributed by atoms with van der Waals surface area (Å²) >= 11 is 2.63. The number of carbonyl (C=O) groups is 3. The smallest absolute Gasteiger partial charge is 0.309 e.